The van der Waals surface area contributed by atoms with Crippen molar-refractivity contribution in [3.63, 3.8) is 0 Å². The zero-order valence-corrected chi connectivity index (χ0v) is 35.4. The normalized spacial score (nSPS) is 19.2. The molecule has 3 aliphatic rings. The molecule has 3 atom stereocenters. The van der Waals surface area contributed by atoms with E-state index >= 15 is 0 Å². The van der Waals surface area contributed by atoms with Gasteiger partial charge in [0.05, 0.1) is 27.6 Å². The zero-order valence-electron chi connectivity index (χ0n) is 35.4. The Morgan fingerprint density at radius 3 is 1.84 bits per heavy atom. The SMILES string of the molecule is C1=CCC2C(=C1)c1cccc3c1C2(c1ccccc1)c1ccccc1C3(c1ccccc1)c1ccccc1N(c1ccccc1)c1ccc2c3ccccc3n(-c3ccccc3)c2c1. The molecule has 0 N–H and O–H groups in total. The number of anilines is 3. The van der Waals surface area contributed by atoms with Crippen LogP contribution in [0.15, 0.2) is 249 Å². The van der Waals surface area contributed by atoms with E-state index in [0.29, 0.717) is 0 Å². The van der Waals surface area contributed by atoms with Gasteiger partial charge in [-0.05, 0) is 105 Å². The third-order valence-electron chi connectivity index (χ3n) is 14.5. The first-order chi connectivity index (χ1) is 31.8. The fourth-order valence-electron chi connectivity index (χ4n) is 12.2. The first-order valence-corrected chi connectivity index (χ1v) is 22.5. The van der Waals surface area contributed by atoms with Crippen molar-refractivity contribution in [2.45, 2.75) is 17.3 Å². The van der Waals surface area contributed by atoms with Crippen LogP contribution in [0.5, 0.6) is 0 Å². The molecule has 1 heterocycles. The number of para-hydroxylation sites is 4. The van der Waals surface area contributed by atoms with Crippen LogP contribution in [-0.4, -0.2) is 4.57 Å². The Morgan fingerprint density at radius 2 is 1.06 bits per heavy atom. The molecule has 302 valence electrons. The van der Waals surface area contributed by atoms with E-state index in [2.05, 4.69) is 258 Å². The molecule has 0 bridgehead atoms. The second-order valence-electron chi connectivity index (χ2n) is 17.5. The topological polar surface area (TPSA) is 8.17 Å². The number of nitrogens with zero attached hydrogens (tertiary/aromatic N) is 2. The van der Waals surface area contributed by atoms with Crippen molar-refractivity contribution >= 4 is 44.4 Å². The molecule has 0 aliphatic heterocycles. The summed E-state index contributed by atoms with van der Waals surface area (Å²) >= 11 is 0. The van der Waals surface area contributed by atoms with Gasteiger partial charge in [-0.25, -0.2) is 0 Å². The van der Waals surface area contributed by atoms with Gasteiger partial charge in [0.15, 0.2) is 0 Å². The Hall–Kier alpha value is -7.94. The molecule has 64 heavy (non-hydrogen) atoms. The minimum absolute atomic E-state index is 0.255. The number of fused-ring (bicyclic) bond motifs is 8. The lowest BCUT2D eigenvalue weighted by Crippen LogP contribution is -2.46. The summed E-state index contributed by atoms with van der Waals surface area (Å²) in [7, 11) is 0. The van der Waals surface area contributed by atoms with E-state index < -0.39 is 5.41 Å². The van der Waals surface area contributed by atoms with Crippen molar-refractivity contribution in [2.75, 3.05) is 4.90 Å². The van der Waals surface area contributed by atoms with Crippen molar-refractivity contribution in [2.24, 2.45) is 5.92 Å². The Kier molecular flexibility index (Phi) is 8.20. The molecule has 13 rings (SSSR count). The van der Waals surface area contributed by atoms with Crippen LogP contribution in [0.25, 0.3) is 33.1 Å². The molecule has 0 radical (unpaired) electrons. The third-order valence-corrected chi connectivity index (χ3v) is 14.5. The maximum atomic E-state index is 2.50. The minimum atomic E-state index is -0.699. The molecule has 1 aromatic heterocycles. The summed E-state index contributed by atoms with van der Waals surface area (Å²) in [6, 6.07) is 86.1. The Morgan fingerprint density at radius 1 is 0.453 bits per heavy atom. The van der Waals surface area contributed by atoms with Gasteiger partial charge >= 0.3 is 0 Å². The molecule has 9 aromatic carbocycles. The molecule has 0 spiro atoms. The molecule has 2 heteroatoms. The summed E-state index contributed by atoms with van der Waals surface area (Å²) in [5.74, 6) is 0.255. The number of aromatic nitrogens is 1. The van der Waals surface area contributed by atoms with Gasteiger partial charge in [-0.3, -0.25) is 0 Å². The second-order valence-corrected chi connectivity index (χ2v) is 17.5. The van der Waals surface area contributed by atoms with Crippen LogP contribution in [0.3, 0.4) is 0 Å². The molecule has 0 amide bonds. The van der Waals surface area contributed by atoms with E-state index in [0.717, 1.165) is 29.2 Å². The van der Waals surface area contributed by atoms with Gasteiger partial charge in [-0.15, -0.1) is 0 Å². The van der Waals surface area contributed by atoms with Crippen LogP contribution in [0.1, 0.15) is 50.9 Å². The highest BCUT2D eigenvalue weighted by Gasteiger charge is 2.61. The van der Waals surface area contributed by atoms with Gasteiger partial charge in [0, 0.05) is 33.8 Å². The molecule has 2 nitrogen and oxygen atoms in total. The van der Waals surface area contributed by atoms with Gasteiger partial charge in [0.25, 0.3) is 0 Å². The van der Waals surface area contributed by atoms with Crippen LogP contribution in [0, 0.1) is 5.92 Å². The highest BCUT2D eigenvalue weighted by molar-refractivity contribution is 6.10. The van der Waals surface area contributed by atoms with Crippen molar-refractivity contribution in [3.05, 3.63) is 293 Å². The molecular formula is C62H44N2. The van der Waals surface area contributed by atoms with Gasteiger partial charge in [-0.2, -0.15) is 0 Å². The van der Waals surface area contributed by atoms with Crippen molar-refractivity contribution in [1.29, 1.82) is 0 Å². The lowest BCUT2D eigenvalue weighted by Gasteiger charge is -2.51. The summed E-state index contributed by atoms with van der Waals surface area (Å²) in [5, 5.41) is 2.47. The molecule has 0 fully saturated rings. The van der Waals surface area contributed by atoms with Crippen LogP contribution in [0.4, 0.5) is 17.1 Å². The summed E-state index contributed by atoms with van der Waals surface area (Å²) in [6.45, 7) is 0. The molecule has 0 saturated carbocycles. The highest BCUT2D eigenvalue weighted by atomic mass is 15.1. The molecular weight excluding hydrogens is 773 g/mol. The molecule has 3 unspecified atom stereocenters. The van der Waals surface area contributed by atoms with Crippen LogP contribution in [-0.2, 0) is 10.8 Å². The lowest BCUT2D eigenvalue weighted by atomic mass is 9.50. The monoisotopic (exact) mass is 816 g/mol. The number of rotatable bonds is 7. The Bertz CT molecular complexity index is 3470. The van der Waals surface area contributed by atoms with Crippen LogP contribution >= 0.6 is 0 Å². The van der Waals surface area contributed by atoms with Crippen LogP contribution in [0.2, 0.25) is 0 Å². The van der Waals surface area contributed by atoms with E-state index in [1.54, 1.807) is 0 Å². The van der Waals surface area contributed by atoms with Gasteiger partial charge in [0.2, 0.25) is 0 Å². The number of allylic oxidation sites excluding steroid dienone is 4. The third kappa shape index (κ3) is 4.97. The molecule has 3 aliphatic carbocycles. The largest absolute Gasteiger partial charge is 0.310 e. The Balaban J connectivity index is 1.15. The lowest BCUT2D eigenvalue weighted by molar-refractivity contribution is 0.454. The fraction of sp³-hybridized carbons (Fsp3) is 0.0645. The average molecular weight is 817 g/mol. The highest BCUT2D eigenvalue weighted by Crippen LogP contribution is 2.68. The van der Waals surface area contributed by atoms with Crippen molar-refractivity contribution < 1.29 is 0 Å². The van der Waals surface area contributed by atoms with Crippen molar-refractivity contribution in [3.8, 4) is 5.69 Å². The quantitative estimate of drug-likeness (QED) is 0.156. The average Bonchev–Trinajstić information content (AvgIpc) is 3.87. The first kappa shape index (κ1) is 36.7. The maximum Gasteiger partial charge on any atom is 0.0728 e. The van der Waals surface area contributed by atoms with E-state index in [9.17, 15) is 0 Å². The zero-order chi connectivity index (χ0) is 42.2. The van der Waals surface area contributed by atoms with Gasteiger partial charge in [0.1, 0.15) is 0 Å². The standard InChI is InChI=1S/C62H44N2/c1-5-22-43(23-6-1)61(53-34-16-17-35-54(53)62(44-24-7-2-8-25-44)52-33-15-13-30-48(52)51-32-21-37-56(61)60(51)62)55-36-18-20-39-58(55)63(45-26-9-3-10-27-45)47-40-41-50-49-31-14-19-38-57(49)64(59(50)42-47)46-28-11-4-12-29-46/h1-32,34-42,52H,33H2. The predicted octanol–water partition coefficient (Wildman–Crippen LogP) is 15.3. The number of hydrogen-bond donors (Lipinski definition) is 0. The van der Waals surface area contributed by atoms with Gasteiger partial charge in [-0.1, -0.05) is 200 Å². The van der Waals surface area contributed by atoms with E-state index in [-0.39, 0.29) is 11.3 Å². The smallest absolute Gasteiger partial charge is 0.0728 e. The maximum absolute atomic E-state index is 2.50. The predicted molar refractivity (Wildman–Crippen MR) is 265 cm³/mol. The molecule has 0 saturated heterocycles. The Labute approximate surface area is 374 Å². The van der Waals surface area contributed by atoms with Crippen molar-refractivity contribution in [1.82, 2.24) is 4.57 Å². The number of benzene rings is 9. The summed E-state index contributed by atoms with van der Waals surface area (Å²) in [4.78, 5) is 2.50. The second kappa shape index (κ2) is 14.3. The fourth-order valence-corrected chi connectivity index (χ4v) is 12.2. The minimum Gasteiger partial charge on any atom is -0.310 e. The van der Waals surface area contributed by atoms with E-state index in [4.69, 9.17) is 0 Å². The number of hydrogen-bond acceptors (Lipinski definition) is 1. The summed E-state index contributed by atoms with van der Waals surface area (Å²) in [6.07, 6.45) is 8.03. The first-order valence-electron chi connectivity index (χ1n) is 22.5. The summed E-state index contributed by atoms with van der Waals surface area (Å²) in [5.41, 5.74) is 17.9. The van der Waals surface area contributed by atoms with E-state index in [1.807, 2.05) is 0 Å². The van der Waals surface area contributed by atoms with E-state index in [1.165, 1.54) is 71.9 Å². The summed E-state index contributed by atoms with van der Waals surface area (Å²) < 4.78 is 2.42. The molecule has 10 aromatic rings. The van der Waals surface area contributed by atoms with Crippen LogP contribution < -0.4 is 4.90 Å². The van der Waals surface area contributed by atoms with Gasteiger partial charge < -0.3 is 9.47 Å².